The minimum atomic E-state index is -4.04. The van der Waals surface area contributed by atoms with Crippen LogP contribution in [0.4, 0.5) is 0 Å². The van der Waals surface area contributed by atoms with E-state index in [1.807, 2.05) is 12.1 Å². The van der Waals surface area contributed by atoms with Crippen LogP contribution in [0.2, 0.25) is 0 Å². The van der Waals surface area contributed by atoms with Gasteiger partial charge in [0.15, 0.2) is 19.7 Å². The molecule has 1 aromatic rings. The first-order valence-corrected chi connectivity index (χ1v) is 16.0. The van der Waals surface area contributed by atoms with Crippen LogP contribution >= 0.6 is 0 Å². The summed E-state index contributed by atoms with van der Waals surface area (Å²) >= 11 is 0. The molecule has 0 radical (unpaired) electrons. The molecule has 174 valence electrons. The average molecular weight is 491 g/mol. The van der Waals surface area contributed by atoms with Crippen molar-refractivity contribution in [1.29, 1.82) is 0 Å². The van der Waals surface area contributed by atoms with Gasteiger partial charge in [-0.2, -0.15) is 0 Å². The van der Waals surface area contributed by atoms with Crippen LogP contribution in [0.1, 0.15) is 56.4 Å². The number of rotatable bonds is 6. The molecule has 0 bridgehead atoms. The Bertz CT molecular complexity index is 1110. The van der Waals surface area contributed by atoms with Crippen molar-refractivity contribution < 1.29 is 25.3 Å². The lowest BCUT2D eigenvalue weighted by Gasteiger charge is -2.30. The molecule has 11 heteroatoms. The van der Waals surface area contributed by atoms with E-state index in [0.717, 1.165) is 22.8 Å². The smallest absolute Gasteiger partial charge is 0.237 e. The van der Waals surface area contributed by atoms with Crippen LogP contribution in [0, 0.1) is 0 Å². The molecule has 2 saturated heterocycles. The maximum absolute atomic E-state index is 13.5. The van der Waals surface area contributed by atoms with Gasteiger partial charge < -0.3 is 0 Å². The topological polar surface area (TPSA) is 118 Å². The Morgan fingerprint density at radius 1 is 0.806 bits per heavy atom. The third-order valence-electron chi connectivity index (χ3n) is 6.60. The second-order valence-electron chi connectivity index (χ2n) is 8.99. The number of sulfonamides is 1. The minimum Gasteiger partial charge on any atom is -0.237 e. The third kappa shape index (κ3) is 5.32. The molecule has 2 aliphatic heterocycles. The van der Waals surface area contributed by atoms with Gasteiger partial charge >= 0.3 is 0 Å². The van der Waals surface area contributed by atoms with Crippen LogP contribution in [0.3, 0.4) is 0 Å². The molecule has 1 aromatic carbocycles. The van der Waals surface area contributed by atoms with Gasteiger partial charge in [0, 0.05) is 6.04 Å². The highest BCUT2D eigenvalue weighted by Gasteiger charge is 2.41. The summed E-state index contributed by atoms with van der Waals surface area (Å²) < 4.78 is 75.7. The molecule has 0 amide bonds. The molecule has 0 unspecified atom stereocenters. The molecule has 0 spiro atoms. The Labute approximate surface area is 185 Å². The van der Waals surface area contributed by atoms with Gasteiger partial charge in [-0.15, -0.1) is 4.41 Å². The summed E-state index contributed by atoms with van der Waals surface area (Å²) in [6.45, 7) is 0. The summed E-state index contributed by atoms with van der Waals surface area (Å²) in [4.78, 5) is 0.0877. The lowest BCUT2D eigenvalue weighted by molar-refractivity contribution is 0.229. The number of sulfone groups is 2. The first-order valence-electron chi connectivity index (χ1n) is 10.9. The zero-order chi connectivity index (χ0) is 22.3. The predicted octanol–water partition coefficient (Wildman–Crippen LogP) is 1.60. The van der Waals surface area contributed by atoms with Crippen LogP contribution in [0.15, 0.2) is 29.2 Å². The standard InChI is InChI=1S/C20H30N2O6S3/c23-29(24)12-10-18(14-29)21-22(19-11-13-30(25,26)15-19)31(27,28)20-8-6-17(7-9-20)16-4-2-1-3-5-16/h6-9,16,18-19,21H,1-5,10-15H2/t18-,19-/m0/s1. The lowest BCUT2D eigenvalue weighted by atomic mass is 9.84. The summed E-state index contributed by atoms with van der Waals surface area (Å²) in [7, 11) is -10.6. The first kappa shape index (κ1) is 23.2. The Hall–Kier alpha value is -1.01. The van der Waals surface area contributed by atoms with Crippen LogP contribution < -0.4 is 5.43 Å². The molecule has 1 aliphatic carbocycles. The molecular weight excluding hydrogens is 460 g/mol. The highest BCUT2D eigenvalue weighted by Crippen LogP contribution is 2.33. The van der Waals surface area contributed by atoms with Gasteiger partial charge in [-0.3, -0.25) is 0 Å². The van der Waals surface area contributed by atoms with Crippen molar-refractivity contribution in [2.75, 3.05) is 23.0 Å². The van der Waals surface area contributed by atoms with Gasteiger partial charge in [-0.25, -0.2) is 30.7 Å². The highest BCUT2D eigenvalue weighted by molar-refractivity contribution is 7.92. The van der Waals surface area contributed by atoms with Crippen molar-refractivity contribution in [3.63, 3.8) is 0 Å². The molecule has 3 fully saturated rings. The molecule has 1 N–H and O–H groups in total. The summed E-state index contributed by atoms with van der Waals surface area (Å²) in [5.41, 5.74) is 4.00. The second-order valence-corrected chi connectivity index (χ2v) is 15.3. The van der Waals surface area contributed by atoms with E-state index in [4.69, 9.17) is 0 Å². The quantitative estimate of drug-likeness (QED) is 0.602. The van der Waals surface area contributed by atoms with E-state index in [1.54, 1.807) is 12.1 Å². The van der Waals surface area contributed by atoms with Crippen molar-refractivity contribution in [2.24, 2.45) is 0 Å². The van der Waals surface area contributed by atoms with E-state index in [0.29, 0.717) is 12.3 Å². The third-order valence-corrected chi connectivity index (χ3v) is 11.9. The zero-order valence-electron chi connectivity index (χ0n) is 17.4. The number of benzene rings is 1. The van der Waals surface area contributed by atoms with Gasteiger partial charge in [0.1, 0.15) is 0 Å². The van der Waals surface area contributed by atoms with Gasteiger partial charge in [0.25, 0.3) is 10.0 Å². The van der Waals surface area contributed by atoms with Crippen molar-refractivity contribution >= 4 is 29.7 Å². The lowest BCUT2D eigenvalue weighted by Crippen LogP contribution is -2.54. The van der Waals surface area contributed by atoms with Crippen LogP contribution in [-0.2, 0) is 29.7 Å². The summed E-state index contributed by atoms with van der Waals surface area (Å²) in [5.74, 6) is -0.0479. The number of nitrogens with zero attached hydrogens (tertiary/aromatic N) is 1. The summed E-state index contributed by atoms with van der Waals surface area (Å²) in [5, 5.41) is 0. The monoisotopic (exact) mass is 490 g/mol. The number of hydrogen-bond donors (Lipinski definition) is 1. The van der Waals surface area contributed by atoms with Crippen molar-refractivity contribution in [1.82, 2.24) is 9.84 Å². The maximum atomic E-state index is 13.5. The van der Waals surface area contributed by atoms with E-state index in [2.05, 4.69) is 5.43 Å². The van der Waals surface area contributed by atoms with Crippen molar-refractivity contribution in [2.45, 2.75) is 67.8 Å². The molecule has 2 heterocycles. The van der Waals surface area contributed by atoms with Crippen LogP contribution in [-0.4, -0.2) is 64.8 Å². The number of hydrazine groups is 1. The number of hydrogen-bond acceptors (Lipinski definition) is 7. The molecular formula is C20H30N2O6S3. The Balaban J connectivity index is 1.59. The average Bonchev–Trinajstić information content (AvgIpc) is 3.27. The molecule has 1 saturated carbocycles. The molecule has 3 aliphatic rings. The number of nitrogens with one attached hydrogen (secondary N) is 1. The van der Waals surface area contributed by atoms with E-state index >= 15 is 0 Å². The van der Waals surface area contributed by atoms with Gasteiger partial charge in [0.2, 0.25) is 0 Å². The maximum Gasteiger partial charge on any atom is 0.256 e. The Morgan fingerprint density at radius 2 is 1.42 bits per heavy atom. The molecule has 8 nitrogen and oxygen atoms in total. The zero-order valence-corrected chi connectivity index (χ0v) is 19.9. The van der Waals surface area contributed by atoms with E-state index < -0.39 is 41.8 Å². The van der Waals surface area contributed by atoms with E-state index in [9.17, 15) is 25.3 Å². The van der Waals surface area contributed by atoms with E-state index in [-0.39, 0.29) is 34.3 Å². The largest absolute Gasteiger partial charge is 0.256 e. The van der Waals surface area contributed by atoms with E-state index in [1.165, 1.54) is 19.3 Å². The van der Waals surface area contributed by atoms with Gasteiger partial charge in [-0.05, 0) is 49.3 Å². The Kier molecular flexibility index (Phi) is 6.53. The summed E-state index contributed by atoms with van der Waals surface area (Å²) in [6.07, 6.45) is 6.31. The SMILES string of the molecule is O=S1(=O)CC[C@H](NN([C@H]2CCS(=O)(=O)C2)S(=O)(=O)c2ccc(C3CCCCC3)cc2)C1. The minimum absolute atomic E-state index is 0.00238. The van der Waals surface area contributed by atoms with Gasteiger partial charge in [0.05, 0.1) is 33.9 Å². The molecule has 0 aromatic heterocycles. The molecule has 4 rings (SSSR count). The molecule has 31 heavy (non-hydrogen) atoms. The fraction of sp³-hybridized carbons (Fsp3) is 0.700. The first-order chi connectivity index (χ1) is 14.6. The fourth-order valence-corrected chi connectivity index (χ4v) is 9.90. The fourth-order valence-electron chi connectivity index (χ4n) is 4.87. The Morgan fingerprint density at radius 3 is 1.97 bits per heavy atom. The predicted molar refractivity (Wildman–Crippen MR) is 119 cm³/mol. The van der Waals surface area contributed by atoms with Crippen LogP contribution in [0.5, 0.6) is 0 Å². The summed E-state index contributed by atoms with van der Waals surface area (Å²) in [6, 6.07) is 5.57. The molecule has 2 atom stereocenters. The van der Waals surface area contributed by atoms with Crippen molar-refractivity contribution in [3.8, 4) is 0 Å². The van der Waals surface area contributed by atoms with Crippen LogP contribution in [0.25, 0.3) is 0 Å². The normalized spacial score (nSPS) is 28.8. The highest BCUT2D eigenvalue weighted by atomic mass is 32.2. The van der Waals surface area contributed by atoms with Gasteiger partial charge in [-0.1, -0.05) is 31.4 Å². The van der Waals surface area contributed by atoms with Crippen molar-refractivity contribution in [3.05, 3.63) is 29.8 Å². The second kappa shape index (κ2) is 8.74.